The molecule has 0 atom stereocenters. The second-order valence-electron chi connectivity index (χ2n) is 5.00. The van der Waals surface area contributed by atoms with Crippen LogP contribution >= 0.6 is 0 Å². The smallest absolute Gasteiger partial charge is 0.266 e. The lowest BCUT2D eigenvalue weighted by atomic mass is 10.1. The second-order valence-corrected chi connectivity index (χ2v) is 5.00. The molecule has 6 heteroatoms. The van der Waals surface area contributed by atoms with Crippen LogP contribution in [0.1, 0.15) is 25.7 Å². The Morgan fingerprint density at radius 3 is 2.60 bits per heavy atom. The van der Waals surface area contributed by atoms with E-state index in [0.29, 0.717) is 11.6 Å². The first kappa shape index (κ1) is 12.9. The molecule has 1 saturated heterocycles. The van der Waals surface area contributed by atoms with Crippen molar-refractivity contribution in [1.82, 2.24) is 10.1 Å². The van der Waals surface area contributed by atoms with E-state index < -0.39 is 5.82 Å². The third-order valence-electron chi connectivity index (χ3n) is 3.56. The zero-order valence-corrected chi connectivity index (χ0v) is 11.2. The SMILES string of the molecule is Nc1cccc(F)c1-c1nc(N2CCCCCC2)no1. The van der Waals surface area contributed by atoms with Gasteiger partial charge in [0.1, 0.15) is 5.82 Å². The summed E-state index contributed by atoms with van der Waals surface area (Å²) in [7, 11) is 0. The van der Waals surface area contributed by atoms with Gasteiger partial charge in [-0.2, -0.15) is 4.98 Å². The van der Waals surface area contributed by atoms with E-state index in [4.69, 9.17) is 10.3 Å². The predicted molar refractivity (Wildman–Crippen MR) is 74.8 cm³/mol. The number of nitrogen functional groups attached to an aromatic ring is 1. The summed E-state index contributed by atoms with van der Waals surface area (Å²) in [5, 5.41) is 3.96. The van der Waals surface area contributed by atoms with Gasteiger partial charge in [0.25, 0.3) is 11.8 Å². The number of hydrogen-bond acceptors (Lipinski definition) is 5. The molecule has 0 spiro atoms. The summed E-state index contributed by atoms with van der Waals surface area (Å²) in [4.78, 5) is 6.38. The zero-order chi connectivity index (χ0) is 13.9. The van der Waals surface area contributed by atoms with Crippen LogP contribution in [0.2, 0.25) is 0 Å². The summed E-state index contributed by atoms with van der Waals surface area (Å²) < 4.78 is 19.0. The number of nitrogens with zero attached hydrogens (tertiary/aromatic N) is 3. The van der Waals surface area contributed by atoms with Crippen LogP contribution in [-0.4, -0.2) is 23.2 Å². The van der Waals surface area contributed by atoms with Gasteiger partial charge in [-0.15, -0.1) is 0 Å². The molecule has 1 aliphatic rings. The van der Waals surface area contributed by atoms with Crippen molar-refractivity contribution in [2.24, 2.45) is 0 Å². The van der Waals surface area contributed by atoms with E-state index in [-0.39, 0.29) is 11.5 Å². The number of anilines is 2. The Labute approximate surface area is 116 Å². The largest absolute Gasteiger partial charge is 0.398 e. The van der Waals surface area contributed by atoms with Crippen molar-refractivity contribution in [3.63, 3.8) is 0 Å². The topological polar surface area (TPSA) is 68.2 Å². The Bertz CT molecular complexity index is 570. The van der Waals surface area contributed by atoms with Gasteiger partial charge < -0.3 is 15.2 Å². The fraction of sp³-hybridized carbons (Fsp3) is 0.429. The summed E-state index contributed by atoms with van der Waals surface area (Å²) in [6.45, 7) is 1.82. The first-order valence-electron chi connectivity index (χ1n) is 6.89. The lowest BCUT2D eigenvalue weighted by Gasteiger charge is -2.16. The lowest BCUT2D eigenvalue weighted by Crippen LogP contribution is -2.24. The van der Waals surface area contributed by atoms with Gasteiger partial charge in [-0.25, -0.2) is 4.39 Å². The fourth-order valence-corrected chi connectivity index (χ4v) is 2.48. The number of aromatic nitrogens is 2. The van der Waals surface area contributed by atoms with Gasteiger partial charge in [0.05, 0.1) is 5.56 Å². The molecule has 106 valence electrons. The molecule has 0 unspecified atom stereocenters. The summed E-state index contributed by atoms with van der Waals surface area (Å²) in [5.74, 6) is 0.209. The minimum Gasteiger partial charge on any atom is -0.398 e. The first-order valence-corrected chi connectivity index (χ1v) is 6.89. The molecule has 0 amide bonds. The van der Waals surface area contributed by atoms with Crippen molar-refractivity contribution in [3.05, 3.63) is 24.0 Å². The van der Waals surface area contributed by atoms with E-state index in [9.17, 15) is 4.39 Å². The Balaban J connectivity index is 1.90. The van der Waals surface area contributed by atoms with Crippen LogP contribution in [-0.2, 0) is 0 Å². The fourth-order valence-electron chi connectivity index (χ4n) is 2.48. The maximum absolute atomic E-state index is 13.8. The molecule has 1 fully saturated rings. The van der Waals surface area contributed by atoms with Crippen molar-refractivity contribution < 1.29 is 8.91 Å². The quantitative estimate of drug-likeness (QED) is 0.854. The van der Waals surface area contributed by atoms with Crippen LogP contribution < -0.4 is 10.6 Å². The summed E-state index contributed by atoms with van der Waals surface area (Å²) >= 11 is 0. The Kier molecular flexibility index (Phi) is 3.54. The number of hydrogen-bond donors (Lipinski definition) is 1. The average Bonchev–Trinajstić information content (AvgIpc) is 2.74. The van der Waals surface area contributed by atoms with Gasteiger partial charge in [-0.05, 0) is 30.1 Å². The molecule has 20 heavy (non-hydrogen) atoms. The Morgan fingerprint density at radius 1 is 1.15 bits per heavy atom. The normalized spacial score (nSPS) is 16.1. The molecule has 2 N–H and O–H groups in total. The van der Waals surface area contributed by atoms with Crippen LogP contribution in [0.25, 0.3) is 11.5 Å². The number of nitrogens with two attached hydrogens (primary N) is 1. The molecule has 0 radical (unpaired) electrons. The summed E-state index contributed by atoms with van der Waals surface area (Å²) in [5.41, 5.74) is 6.27. The van der Waals surface area contributed by atoms with Gasteiger partial charge in [-0.1, -0.05) is 18.9 Å². The molecule has 2 heterocycles. The molecular weight excluding hydrogens is 259 g/mol. The van der Waals surface area contributed by atoms with Crippen molar-refractivity contribution in [2.75, 3.05) is 23.7 Å². The van der Waals surface area contributed by atoms with E-state index in [0.717, 1.165) is 25.9 Å². The summed E-state index contributed by atoms with van der Waals surface area (Å²) in [6.07, 6.45) is 4.68. The maximum Gasteiger partial charge on any atom is 0.266 e. The zero-order valence-electron chi connectivity index (χ0n) is 11.2. The molecule has 3 rings (SSSR count). The molecule has 0 aliphatic carbocycles. The van der Waals surface area contributed by atoms with Gasteiger partial charge in [0.15, 0.2) is 0 Å². The third kappa shape index (κ3) is 2.45. The maximum atomic E-state index is 13.8. The van der Waals surface area contributed by atoms with Gasteiger partial charge >= 0.3 is 0 Å². The van der Waals surface area contributed by atoms with E-state index in [1.54, 1.807) is 12.1 Å². The van der Waals surface area contributed by atoms with Gasteiger partial charge in [0, 0.05) is 18.8 Å². The molecule has 0 saturated carbocycles. The van der Waals surface area contributed by atoms with Crippen LogP contribution in [0.3, 0.4) is 0 Å². The highest BCUT2D eigenvalue weighted by Crippen LogP contribution is 2.29. The second kappa shape index (κ2) is 5.48. The Hall–Kier alpha value is -2.11. The molecule has 1 aromatic heterocycles. The van der Waals surface area contributed by atoms with Crippen molar-refractivity contribution in [3.8, 4) is 11.5 Å². The van der Waals surface area contributed by atoms with Crippen LogP contribution in [0.4, 0.5) is 16.0 Å². The van der Waals surface area contributed by atoms with Crippen molar-refractivity contribution >= 4 is 11.6 Å². The summed E-state index contributed by atoms with van der Waals surface area (Å²) in [6, 6.07) is 4.51. The van der Waals surface area contributed by atoms with E-state index in [1.807, 2.05) is 0 Å². The van der Waals surface area contributed by atoms with Crippen LogP contribution in [0, 0.1) is 5.82 Å². The molecule has 5 nitrogen and oxygen atoms in total. The minimum atomic E-state index is -0.448. The highest BCUT2D eigenvalue weighted by Gasteiger charge is 2.20. The highest BCUT2D eigenvalue weighted by atomic mass is 19.1. The van der Waals surface area contributed by atoms with Gasteiger partial charge in [0.2, 0.25) is 0 Å². The van der Waals surface area contributed by atoms with Crippen LogP contribution in [0.5, 0.6) is 0 Å². The van der Waals surface area contributed by atoms with Crippen molar-refractivity contribution in [2.45, 2.75) is 25.7 Å². The first-order chi connectivity index (χ1) is 9.75. The molecule has 1 aromatic carbocycles. The lowest BCUT2D eigenvalue weighted by molar-refractivity contribution is 0.427. The Morgan fingerprint density at radius 2 is 1.90 bits per heavy atom. The van der Waals surface area contributed by atoms with E-state index in [2.05, 4.69) is 15.0 Å². The monoisotopic (exact) mass is 276 g/mol. The van der Waals surface area contributed by atoms with Crippen molar-refractivity contribution in [1.29, 1.82) is 0 Å². The number of halogens is 1. The molecular formula is C14H17FN4O. The third-order valence-corrected chi connectivity index (χ3v) is 3.56. The average molecular weight is 276 g/mol. The highest BCUT2D eigenvalue weighted by molar-refractivity contribution is 5.71. The molecule has 2 aromatic rings. The standard InChI is InChI=1S/C14H17FN4O/c15-10-6-5-7-11(16)12(10)13-17-14(18-20-13)19-8-3-1-2-4-9-19/h5-7H,1-4,8-9,16H2. The molecule has 0 bridgehead atoms. The predicted octanol–water partition coefficient (Wildman–Crippen LogP) is 2.84. The van der Waals surface area contributed by atoms with E-state index in [1.165, 1.54) is 18.9 Å². The number of benzene rings is 1. The van der Waals surface area contributed by atoms with Crippen LogP contribution in [0.15, 0.2) is 22.7 Å². The van der Waals surface area contributed by atoms with Gasteiger partial charge in [-0.3, -0.25) is 0 Å². The molecule has 1 aliphatic heterocycles. The van der Waals surface area contributed by atoms with E-state index >= 15 is 0 Å². The number of rotatable bonds is 2. The minimum absolute atomic E-state index is 0.139.